The summed E-state index contributed by atoms with van der Waals surface area (Å²) in [6.45, 7) is 4.21. The summed E-state index contributed by atoms with van der Waals surface area (Å²) in [6.07, 6.45) is -2.54. The van der Waals surface area contributed by atoms with Gasteiger partial charge in [0, 0.05) is 0 Å². The van der Waals surface area contributed by atoms with E-state index in [0.29, 0.717) is 5.92 Å². The molecule has 0 aromatic heterocycles. The summed E-state index contributed by atoms with van der Waals surface area (Å²) in [5.41, 5.74) is -2.46. The second-order valence-electron chi connectivity index (χ2n) is 5.76. The van der Waals surface area contributed by atoms with Crippen molar-refractivity contribution >= 4 is 0 Å². The van der Waals surface area contributed by atoms with Crippen LogP contribution in [0, 0.1) is 11.3 Å². The van der Waals surface area contributed by atoms with Crippen LogP contribution < -0.4 is 0 Å². The van der Waals surface area contributed by atoms with Gasteiger partial charge in [0.05, 0.1) is 24.9 Å². The maximum Gasteiger partial charge on any atom is 0.398 e. The molecule has 3 unspecified atom stereocenters. The zero-order valence-corrected chi connectivity index (χ0v) is 10.4. The number of hydrogen-bond donors (Lipinski definition) is 0. The Morgan fingerprint density at radius 3 is 2.18 bits per heavy atom. The van der Waals surface area contributed by atoms with E-state index < -0.39 is 17.2 Å². The standard InChI is InChI=1S/C12H19F3O2/c1-8-11(3,9-4-5-9)17-7-10(2,6-16-8)12(13,14)15/h8-9H,4-7H2,1-3H3. The molecule has 1 aliphatic carbocycles. The first-order valence-corrected chi connectivity index (χ1v) is 6.01. The fourth-order valence-electron chi connectivity index (χ4n) is 2.22. The van der Waals surface area contributed by atoms with Gasteiger partial charge in [-0.1, -0.05) is 0 Å². The van der Waals surface area contributed by atoms with Crippen molar-refractivity contribution < 1.29 is 22.6 Å². The lowest BCUT2D eigenvalue weighted by Crippen LogP contribution is -2.44. The highest BCUT2D eigenvalue weighted by atomic mass is 19.4. The van der Waals surface area contributed by atoms with Crippen molar-refractivity contribution in [2.24, 2.45) is 11.3 Å². The van der Waals surface area contributed by atoms with Gasteiger partial charge >= 0.3 is 6.18 Å². The molecule has 1 saturated heterocycles. The van der Waals surface area contributed by atoms with Gasteiger partial charge in [-0.25, -0.2) is 0 Å². The predicted molar refractivity (Wildman–Crippen MR) is 56.7 cm³/mol. The van der Waals surface area contributed by atoms with Crippen LogP contribution in [0.25, 0.3) is 0 Å². The molecule has 2 aliphatic rings. The summed E-state index contributed by atoms with van der Waals surface area (Å²) in [6, 6.07) is 0. The van der Waals surface area contributed by atoms with Crippen LogP contribution in [0.3, 0.4) is 0 Å². The maximum atomic E-state index is 12.9. The van der Waals surface area contributed by atoms with Gasteiger partial charge in [-0.05, 0) is 39.5 Å². The average molecular weight is 252 g/mol. The molecule has 0 aromatic rings. The molecule has 0 N–H and O–H groups in total. The summed E-state index contributed by atoms with van der Waals surface area (Å²) >= 11 is 0. The summed E-state index contributed by atoms with van der Waals surface area (Å²) in [7, 11) is 0. The SMILES string of the molecule is CC1OCC(C)(C(F)(F)F)COC1(C)C1CC1. The second kappa shape index (κ2) is 3.85. The highest BCUT2D eigenvalue weighted by Gasteiger charge is 2.57. The van der Waals surface area contributed by atoms with Gasteiger partial charge in [0.2, 0.25) is 0 Å². The summed E-state index contributed by atoms with van der Waals surface area (Å²) in [5, 5.41) is 0. The quantitative estimate of drug-likeness (QED) is 0.713. The highest BCUT2D eigenvalue weighted by Crippen LogP contribution is 2.49. The molecule has 0 aromatic carbocycles. The number of hydrogen-bond acceptors (Lipinski definition) is 2. The van der Waals surface area contributed by atoms with Gasteiger partial charge in [-0.3, -0.25) is 0 Å². The molecule has 2 rings (SSSR count). The minimum Gasteiger partial charge on any atom is -0.374 e. The Hall–Kier alpha value is -0.290. The van der Waals surface area contributed by atoms with Gasteiger partial charge < -0.3 is 9.47 Å². The summed E-state index contributed by atoms with van der Waals surface area (Å²) < 4.78 is 49.9. The van der Waals surface area contributed by atoms with Crippen molar-refractivity contribution in [3.63, 3.8) is 0 Å². The first-order chi connectivity index (χ1) is 7.69. The Labute approximate surface area is 99.5 Å². The van der Waals surface area contributed by atoms with Crippen molar-refractivity contribution in [1.82, 2.24) is 0 Å². The van der Waals surface area contributed by atoms with Gasteiger partial charge in [0.1, 0.15) is 5.41 Å². The Balaban J connectivity index is 2.16. The maximum absolute atomic E-state index is 12.9. The lowest BCUT2D eigenvalue weighted by molar-refractivity contribution is -0.242. The van der Waals surface area contributed by atoms with Crippen molar-refractivity contribution in [2.45, 2.75) is 51.5 Å². The van der Waals surface area contributed by atoms with Crippen LogP contribution in [0.15, 0.2) is 0 Å². The van der Waals surface area contributed by atoms with Gasteiger partial charge in [0.25, 0.3) is 0 Å². The Morgan fingerprint density at radius 2 is 1.71 bits per heavy atom. The largest absolute Gasteiger partial charge is 0.398 e. The van der Waals surface area contributed by atoms with Crippen molar-refractivity contribution in [2.75, 3.05) is 13.2 Å². The van der Waals surface area contributed by atoms with Crippen LogP contribution in [-0.4, -0.2) is 31.1 Å². The van der Waals surface area contributed by atoms with Crippen molar-refractivity contribution in [3.8, 4) is 0 Å². The molecule has 100 valence electrons. The van der Waals surface area contributed by atoms with Crippen LogP contribution >= 0.6 is 0 Å². The number of ether oxygens (including phenoxy) is 2. The molecular formula is C12H19F3O2. The molecule has 0 amide bonds. The van der Waals surface area contributed by atoms with E-state index in [1.54, 1.807) is 6.92 Å². The normalized spacial score (nSPS) is 44.5. The van der Waals surface area contributed by atoms with Crippen molar-refractivity contribution in [1.29, 1.82) is 0 Å². The fraction of sp³-hybridized carbons (Fsp3) is 1.00. The molecule has 1 saturated carbocycles. The minimum absolute atomic E-state index is 0.292. The molecule has 1 aliphatic heterocycles. The van der Waals surface area contributed by atoms with Gasteiger partial charge in [-0.2, -0.15) is 13.2 Å². The average Bonchev–Trinajstić information content (AvgIpc) is 3.03. The van der Waals surface area contributed by atoms with Crippen molar-refractivity contribution in [3.05, 3.63) is 0 Å². The smallest absolute Gasteiger partial charge is 0.374 e. The van der Waals surface area contributed by atoms with E-state index in [1.807, 2.05) is 6.92 Å². The number of halogens is 3. The monoisotopic (exact) mass is 252 g/mol. The summed E-state index contributed by atoms with van der Waals surface area (Å²) in [4.78, 5) is 0. The third-order valence-electron chi connectivity index (χ3n) is 4.23. The van der Waals surface area contributed by atoms with E-state index in [0.717, 1.165) is 12.8 Å². The topological polar surface area (TPSA) is 18.5 Å². The highest BCUT2D eigenvalue weighted by molar-refractivity contribution is 5.00. The Bertz CT molecular complexity index is 301. The van der Waals surface area contributed by atoms with Crippen LogP contribution in [-0.2, 0) is 9.47 Å². The minimum atomic E-state index is -4.29. The van der Waals surface area contributed by atoms with E-state index in [-0.39, 0.29) is 19.3 Å². The molecular weight excluding hydrogens is 233 g/mol. The van der Waals surface area contributed by atoms with Crippen LogP contribution in [0.1, 0.15) is 33.6 Å². The third kappa shape index (κ3) is 2.19. The molecule has 0 radical (unpaired) electrons. The lowest BCUT2D eigenvalue weighted by Gasteiger charge is -2.34. The molecule has 1 heterocycles. The summed E-state index contributed by atoms with van der Waals surface area (Å²) in [5.74, 6) is 0.341. The molecule has 2 nitrogen and oxygen atoms in total. The zero-order chi connectivity index (χ0) is 12.9. The fourth-order valence-corrected chi connectivity index (χ4v) is 2.22. The van der Waals surface area contributed by atoms with Crippen LogP contribution in [0.2, 0.25) is 0 Å². The van der Waals surface area contributed by atoms with E-state index >= 15 is 0 Å². The third-order valence-corrected chi connectivity index (χ3v) is 4.23. The molecule has 2 fully saturated rings. The van der Waals surface area contributed by atoms with Gasteiger partial charge in [0.15, 0.2) is 0 Å². The van der Waals surface area contributed by atoms with Gasteiger partial charge in [-0.15, -0.1) is 0 Å². The van der Waals surface area contributed by atoms with E-state index in [2.05, 4.69) is 0 Å². The molecule has 0 bridgehead atoms. The Morgan fingerprint density at radius 1 is 1.12 bits per heavy atom. The molecule has 0 spiro atoms. The zero-order valence-electron chi connectivity index (χ0n) is 10.4. The van der Waals surface area contributed by atoms with E-state index in [4.69, 9.17) is 9.47 Å². The first-order valence-electron chi connectivity index (χ1n) is 6.01. The Kier molecular flexibility index (Phi) is 2.98. The molecule has 17 heavy (non-hydrogen) atoms. The molecule has 5 heteroatoms. The van der Waals surface area contributed by atoms with Crippen LogP contribution in [0.5, 0.6) is 0 Å². The van der Waals surface area contributed by atoms with E-state index in [9.17, 15) is 13.2 Å². The number of alkyl halides is 3. The molecule has 3 atom stereocenters. The lowest BCUT2D eigenvalue weighted by atomic mass is 9.92. The second-order valence-corrected chi connectivity index (χ2v) is 5.76. The first kappa shape index (κ1) is 13.1. The van der Waals surface area contributed by atoms with Crippen LogP contribution in [0.4, 0.5) is 13.2 Å². The van der Waals surface area contributed by atoms with E-state index in [1.165, 1.54) is 6.92 Å². The number of rotatable bonds is 1. The predicted octanol–water partition coefficient (Wildman–Crippen LogP) is 3.16.